The molecule has 1 aromatic rings. The van der Waals surface area contributed by atoms with Crippen molar-refractivity contribution in [1.29, 1.82) is 0 Å². The Hall–Kier alpha value is -0.890. The highest BCUT2D eigenvalue weighted by Gasteiger charge is 2.43. The fraction of sp³-hybridized carbons (Fsp3) is 0.600. The maximum atomic E-state index is 6.10. The normalized spacial score (nSPS) is 21.2. The molecule has 0 amide bonds. The molecule has 0 aromatic heterocycles. The van der Waals surface area contributed by atoms with Gasteiger partial charge in [-0.25, -0.2) is 0 Å². The summed E-state index contributed by atoms with van der Waals surface area (Å²) in [5.41, 5.74) is 2.84. The van der Waals surface area contributed by atoms with Crippen molar-refractivity contribution in [2.45, 2.75) is 51.1 Å². The summed E-state index contributed by atoms with van der Waals surface area (Å²) >= 11 is 6.10. The van der Waals surface area contributed by atoms with E-state index in [1.54, 1.807) is 0 Å². The summed E-state index contributed by atoms with van der Waals surface area (Å²) in [6.07, 6.45) is 5.32. The minimum atomic E-state index is 0.328. The Morgan fingerprint density at radius 1 is 1.28 bits per heavy atom. The third-order valence-electron chi connectivity index (χ3n) is 4.39. The zero-order valence-electron chi connectivity index (χ0n) is 11.2. The lowest BCUT2D eigenvalue weighted by Crippen LogP contribution is -2.57. The first kappa shape index (κ1) is 12.2. The lowest BCUT2D eigenvalue weighted by Gasteiger charge is -2.50. The molecule has 3 heteroatoms. The zero-order valence-corrected chi connectivity index (χ0v) is 11.9. The summed E-state index contributed by atoms with van der Waals surface area (Å²) in [5.74, 6) is 0. The van der Waals surface area contributed by atoms with Crippen molar-refractivity contribution in [1.82, 2.24) is 0 Å². The highest BCUT2D eigenvalue weighted by Crippen LogP contribution is 2.46. The number of hydrogen-bond acceptors (Lipinski definition) is 2. The van der Waals surface area contributed by atoms with Crippen LogP contribution in [0.2, 0.25) is 5.02 Å². The first-order valence-corrected chi connectivity index (χ1v) is 7.33. The smallest absolute Gasteiger partial charge is 0.0610 e. The molecule has 98 valence electrons. The van der Waals surface area contributed by atoms with Crippen LogP contribution < -0.4 is 10.2 Å². The van der Waals surface area contributed by atoms with Crippen LogP contribution in [-0.4, -0.2) is 18.1 Å². The number of fused-ring (bicyclic) bond motifs is 1. The molecule has 0 unspecified atom stereocenters. The van der Waals surface area contributed by atoms with Crippen LogP contribution in [0, 0.1) is 0 Å². The van der Waals surface area contributed by atoms with E-state index >= 15 is 0 Å². The van der Waals surface area contributed by atoms with Gasteiger partial charge in [-0.1, -0.05) is 24.4 Å². The van der Waals surface area contributed by atoms with Gasteiger partial charge in [0.2, 0.25) is 0 Å². The van der Waals surface area contributed by atoms with Crippen LogP contribution in [0.15, 0.2) is 18.2 Å². The standard InChI is InChI=1S/C15H21ClN2/c1-11(2)18-14-6-5-12(16)9-13(14)17-10-15(18)7-3-4-8-15/h5-6,9,11,17H,3-4,7-8,10H2,1-2H3. The lowest BCUT2D eigenvalue weighted by atomic mass is 9.89. The van der Waals surface area contributed by atoms with Crippen LogP contribution in [0.5, 0.6) is 0 Å². The molecule has 0 saturated heterocycles. The van der Waals surface area contributed by atoms with Gasteiger partial charge in [-0.3, -0.25) is 0 Å². The third-order valence-corrected chi connectivity index (χ3v) is 4.62. The van der Waals surface area contributed by atoms with Crippen LogP contribution in [0.25, 0.3) is 0 Å². The largest absolute Gasteiger partial charge is 0.381 e. The molecule has 1 fully saturated rings. The fourth-order valence-electron chi connectivity index (χ4n) is 3.74. The molecular weight excluding hydrogens is 244 g/mol. The van der Waals surface area contributed by atoms with E-state index in [0.29, 0.717) is 11.6 Å². The van der Waals surface area contributed by atoms with Gasteiger partial charge < -0.3 is 10.2 Å². The molecule has 3 rings (SSSR count). The molecular formula is C15H21ClN2. The molecule has 1 heterocycles. The van der Waals surface area contributed by atoms with E-state index in [2.05, 4.69) is 30.1 Å². The molecule has 1 aliphatic heterocycles. The SMILES string of the molecule is CC(C)N1c2ccc(Cl)cc2NCC12CCCC2. The first-order chi connectivity index (χ1) is 8.62. The van der Waals surface area contributed by atoms with Gasteiger partial charge in [0.1, 0.15) is 0 Å². The van der Waals surface area contributed by atoms with Crippen LogP contribution in [-0.2, 0) is 0 Å². The van der Waals surface area contributed by atoms with Gasteiger partial charge >= 0.3 is 0 Å². The lowest BCUT2D eigenvalue weighted by molar-refractivity contribution is 0.381. The van der Waals surface area contributed by atoms with E-state index in [9.17, 15) is 0 Å². The first-order valence-electron chi connectivity index (χ1n) is 6.95. The Balaban J connectivity index is 2.07. The maximum Gasteiger partial charge on any atom is 0.0610 e. The monoisotopic (exact) mass is 264 g/mol. The van der Waals surface area contributed by atoms with Crippen LogP contribution in [0.1, 0.15) is 39.5 Å². The minimum Gasteiger partial charge on any atom is -0.381 e. The molecule has 0 atom stereocenters. The van der Waals surface area contributed by atoms with Crippen molar-refractivity contribution in [3.63, 3.8) is 0 Å². The summed E-state index contributed by atoms with van der Waals surface area (Å²) in [5, 5.41) is 4.41. The van der Waals surface area contributed by atoms with E-state index in [0.717, 1.165) is 11.6 Å². The quantitative estimate of drug-likeness (QED) is 0.814. The summed E-state index contributed by atoms with van der Waals surface area (Å²) in [6.45, 7) is 5.64. The molecule has 1 N–H and O–H groups in total. The number of halogens is 1. The van der Waals surface area contributed by atoms with Crippen LogP contribution in [0.4, 0.5) is 11.4 Å². The van der Waals surface area contributed by atoms with Crippen molar-refractivity contribution >= 4 is 23.0 Å². The van der Waals surface area contributed by atoms with E-state index in [1.807, 2.05) is 12.1 Å². The Morgan fingerprint density at radius 3 is 2.67 bits per heavy atom. The number of benzene rings is 1. The second-order valence-electron chi connectivity index (χ2n) is 5.91. The summed E-state index contributed by atoms with van der Waals surface area (Å²) in [6, 6.07) is 6.76. The van der Waals surface area contributed by atoms with Gasteiger partial charge in [-0.05, 0) is 44.9 Å². The summed E-state index contributed by atoms with van der Waals surface area (Å²) in [4.78, 5) is 2.63. The molecule has 1 aromatic carbocycles. The van der Waals surface area contributed by atoms with Gasteiger partial charge in [0, 0.05) is 17.6 Å². The van der Waals surface area contributed by atoms with Crippen molar-refractivity contribution < 1.29 is 0 Å². The Morgan fingerprint density at radius 2 is 2.00 bits per heavy atom. The highest BCUT2D eigenvalue weighted by molar-refractivity contribution is 6.31. The summed E-state index contributed by atoms with van der Waals surface area (Å²) < 4.78 is 0. The van der Waals surface area contributed by atoms with Gasteiger partial charge in [0.25, 0.3) is 0 Å². The molecule has 2 nitrogen and oxygen atoms in total. The van der Waals surface area contributed by atoms with E-state index in [4.69, 9.17) is 11.6 Å². The number of nitrogens with one attached hydrogen (secondary N) is 1. The third kappa shape index (κ3) is 1.78. The molecule has 0 radical (unpaired) electrons. The molecule has 2 aliphatic rings. The molecule has 1 aliphatic carbocycles. The number of anilines is 2. The van der Waals surface area contributed by atoms with Gasteiger partial charge in [-0.15, -0.1) is 0 Å². The molecule has 1 saturated carbocycles. The van der Waals surface area contributed by atoms with Crippen molar-refractivity contribution in [3.8, 4) is 0 Å². The predicted octanol–water partition coefficient (Wildman–Crippen LogP) is 4.29. The molecule has 1 spiro atoms. The van der Waals surface area contributed by atoms with Crippen molar-refractivity contribution in [3.05, 3.63) is 23.2 Å². The van der Waals surface area contributed by atoms with Crippen LogP contribution in [0.3, 0.4) is 0 Å². The maximum absolute atomic E-state index is 6.10. The highest BCUT2D eigenvalue weighted by atomic mass is 35.5. The molecule has 0 bridgehead atoms. The Bertz CT molecular complexity index is 450. The van der Waals surface area contributed by atoms with Crippen LogP contribution >= 0.6 is 11.6 Å². The Labute approximate surface area is 114 Å². The average Bonchev–Trinajstić information content (AvgIpc) is 2.78. The topological polar surface area (TPSA) is 15.3 Å². The molecule has 18 heavy (non-hydrogen) atoms. The zero-order chi connectivity index (χ0) is 12.8. The van der Waals surface area contributed by atoms with E-state index in [1.165, 1.54) is 37.1 Å². The van der Waals surface area contributed by atoms with Crippen molar-refractivity contribution in [2.24, 2.45) is 0 Å². The van der Waals surface area contributed by atoms with Gasteiger partial charge in [0.15, 0.2) is 0 Å². The van der Waals surface area contributed by atoms with E-state index < -0.39 is 0 Å². The number of rotatable bonds is 1. The number of hydrogen-bond donors (Lipinski definition) is 1. The van der Waals surface area contributed by atoms with E-state index in [-0.39, 0.29) is 0 Å². The fourth-order valence-corrected chi connectivity index (χ4v) is 3.91. The predicted molar refractivity (Wildman–Crippen MR) is 78.8 cm³/mol. The van der Waals surface area contributed by atoms with Gasteiger partial charge in [-0.2, -0.15) is 0 Å². The second kappa shape index (κ2) is 4.34. The van der Waals surface area contributed by atoms with Crippen molar-refractivity contribution in [2.75, 3.05) is 16.8 Å². The average molecular weight is 265 g/mol. The number of nitrogens with zero attached hydrogens (tertiary/aromatic N) is 1. The minimum absolute atomic E-state index is 0.328. The van der Waals surface area contributed by atoms with Gasteiger partial charge in [0.05, 0.1) is 16.9 Å². The summed E-state index contributed by atoms with van der Waals surface area (Å²) in [7, 11) is 0. The Kier molecular flexibility index (Phi) is 2.93. The second-order valence-corrected chi connectivity index (χ2v) is 6.35.